The minimum atomic E-state index is -0.664. The molecule has 1 heterocycles. The fourth-order valence-electron chi connectivity index (χ4n) is 3.48. The molecule has 0 spiro atoms. The van der Waals surface area contributed by atoms with Crippen LogP contribution in [0.4, 0.5) is 0 Å². The summed E-state index contributed by atoms with van der Waals surface area (Å²) in [5.74, 6) is -1.45. The van der Waals surface area contributed by atoms with E-state index in [-0.39, 0.29) is 35.9 Å². The number of rotatable bonds is 3. The average Bonchev–Trinajstić information content (AvgIpc) is 2.76. The normalized spacial score (nSPS) is 23.4. The van der Waals surface area contributed by atoms with Crippen molar-refractivity contribution in [3.63, 3.8) is 0 Å². The van der Waals surface area contributed by atoms with Gasteiger partial charge in [-0.05, 0) is 37.5 Å². The Morgan fingerprint density at radius 3 is 2.38 bits per heavy atom. The zero-order valence-corrected chi connectivity index (χ0v) is 15.5. The topological polar surface area (TPSA) is 63.7 Å². The Balaban J connectivity index is 1.71. The molecular formula is C17H17BrClNO4. The van der Waals surface area contributed by atoms with E-state index in [9.17, 15) is 14.4 Å². The number of carbonyl (C=O) groups excluding carboxylic acids is 3. The smallest absolute Gasteiger partial charge is 0.331 e. The first kappa shape index (κ1) is 17.4. The summed E-state index contributed by atoms with van der Waals surface area (Å²) in [7, 11) is 0. The van der Waals surface area contributed by atoms with Crippen LogP contribution in [0, 0.1) is 18.8 Å². The van der Waals surface area contributed by atoms with Crippen molar-refractivity contribution in [3.8, 4) is 5.75 Å². The number of nitrogens with zero attached hydrogens (tertiary/aromatic N) is 1. The predicted octanol–water partition coefficient (Wildman–Crippen LogP) is 3.49. The summed E-state index contributed by atoms with van der Waals surface area (Å²) in [6.07, 6.45) is 3.34. The number of likely N-dealkylation sites (tertiary alicyclic amines) is 1. The molecule has 2 atom stereocenters. The molecule has 1 saturated heterocycles. The minimum absolute atomic E-state index is 0.250. The van der Waals surface area contributed by atoms with Crippen LogP contribution in [0.15, 0.2) is 16.6 Å². The van der Waals surface area contributed by atoms with Crippen LogP contribution in [-0.4, -0.2) is 29.2 Å². The third kappa shape index (κ3) is 3.22. The quantitative estimate of drug-likeness (QED) is 0.431. The van der Waals surface area contributed by atoms with E-state index in [4.69, 9.17) is 16.3 Å². The van der Waals surface area contributed by atoms with Crippen molar-refractivity contribution >= 4 is 45.3 Å². The largest absolute Gasteiger partial charge is 0.423 e. The van der Waals surface area contributed by atoms with Gasteiger partial charge in [0.2, 0.25) is 11.8 Å². The highest BCUT2D eigenvalue weighted by Gasteiger charge is 2.48. The molecule has 1 aliphatic heterocycles. The van der Waals surface area contributed by atoms with Crippen LogP contribution in [0.25, 0.3) is 0 Å². The zero-order chi connectivity index (χ0) is 17.4. The van der Waals surface area contributed by atoms with Gasteiger partial charge >= 0.3 is 5.97 Å². The number of hydrogen-bond acceptors (Lipinski definition) is 4. The SMILES string of the molecule is Cc1cc(Br)cc(Cl)c1OC(=O)CN1C(=O)[C@@H]2CCCC[C@H]2C1=O. The highest BCUT2D eigenvalue weighted by atomic mass is 79.9. The predicted molar refractivity (Wildman–Crippen MR) is 91.7 cm³/mol. The first-order valence-electron chi connectivity index (χ1n) is 7.90. The van der Waals surface area contributed by atoms with E-state index in [1.165, 1.54) is 0 Å². The summed E-state index contributed by atoms with van der Waals surface area (Å²) < 4.78 is 6.08. The maximum absolute atomic E-state index is 12.4. The number of amides is 2. The summed E-state index contributed by atoms with van der Waals surface area (Å²) >= 11 is 9.41. The third-order valence-corrected chi connectivity index (χ3v) is 5.37. The summed E-state index contributed by atoms with van der Waals surface area (Å²) in [6, 6.07) is 3.40. The van der Waals surface area contributed by atoms with E-state index in [1.54, 1.807) is 19.1 Å². The molecule has 128 valence electrons. The van der Waals surface area contributed by atoms with Crippen LogP contribution in [0.1, 0.15) is 31.2 Å². The van der Waals surface area contributed by atoms with E-state index in [2.05, 4.69) is 15.9 Å². The van der Waals surface area contributed by atoms with Gasteiger partial charge in [-0.3, -0.25) is 14.5 Å². The molecule has 1 aromatic carbocycles. The first-order chi connectivity index (χ1) is 11.4. The lowest BCUT2D eigenvalue weighted by atomic mass is 9.81. The van der Waals surface area contributed by atoms with E-state index >= 15 is 0 Å². The minimum Gasteiger partial charge on any atom is -0.423 e. The van der Waals surface area contributed by atoms with Gasteiger partial charge in [-0.1, -0.05) is 40.4 Å². The summed E-state index contributed by atoms with van der Waals surface area (Å²) in [4.78, 5) is 38.0. The molecule has 1 aliphatic carbocycles. The van der Waals surface area contributed by atoms with Crippen molar-refractivity contribution < 1.29 is 19.1 Å². The molecule has 0 N–H and O–H groups in total. The number of carbonyl (C=O) groups is 3. The standard InChI is InChI=1S/C17H17BrClNO4/c1-9-6-10(18)7-13(19)15(9)24-14(21)8-20-16(22)11-4-2-3-5-12(11)17(20)23/h6-7,11-12H,2-5,8H2,1H3/t11-,12-/m1/s1. The molecule has 0 radical (unpaired) electrons. The highest BCUT2D eigenvalue weighted by molar-refractivity contribution is 9.10. The van der Waals surface area contributed by atoms with Gasteiger partial charge in [-0.15, -0.1) is 0 Å². The molecule has 3 rings (SSSR count). The monoisotopic (exact) mass is 413 g/mol. The van der Waals surface area contributed by atoms with Crippen LogP contribution in [0.5, 0.6) is 5.75 Å². The van der Waals surface area contributed by atoms with E-state index in [0.29, 0.717) is 10.6 Å². The zero-order valence-electron chi connectivity index (χ0n) is 13.2. The number of hydrogen-bond donors (Lipinski definition) is 0. The van der Waals surface area contributed by atoms with Gasteiger partial charge in [-0.2, -0.15) is 0 Å². The van der Waals surface area contributed by atoms with Crippen molar-refractivity contribution in [2.24, 2.45) is 11.8 Å². The first-order valence-corrected chi connectivity index (χ1v) is 9.07. The van der Waals surface area contributed by atoms with Crippen molar-refractivity contribution in [1.29, 1.82) is 0 Å². The Labute approximate surface area is 153 Å². The Morgan fingerprint density at radius 1 is 1.25 bits per heavy atom. The third-order valence-electron chi connectivity index (χ3n) is 4.63. The van der Waals surface area contributed by atoms with E-state index < -0.39 is 5.97 Å². The number of ether oxygens (including phenoxy) is 1. The van der Waals surface area contributed by atoms with Gasteiger partial charge < -0.3 is 4.74 Å². The van der Waals surface area contributed by atoms with Crippen molar-refractivity contribution in [2.75, 3.05) is 6.54 Å². The van der Waals surface area contributed by atoms with Crippen LogP contribution in [-0.2, 0) is 14.4 Å². The number of fused-ring (bicyclic) bond motifs is 1. The number of imide groups is 1. The Kier molecular flexibility index (Phi) is 4.97. The molecule has 2 fully saturated rings. The number of benzene rings is 1. The van der Waals surface area contributed by atoms with E-state index in [1.807, 2.05) is 0 Å². The molecule has 2 aliphatic rings. The van der Waals surface area contributed by atoms with Crippen LogP contribution in [0.2, 0.25) is 5.02 Å². The average molecular weight is 415 g/mol. The molecular weight excluding hydrogens is 398 g/mol. The fourth-order valence-corrected chi connectivity index (χ4v) is 4.49. The van der Waals surface area contributed by atoms with Gasteiger partial charge in [-0.25, -0.2) is 4.79 Å². The molecule has 1 aromatic rings. The second-order valence-electron chi connectivity index (χ2n) is 6.27. The summed E-state index contributed by atoms with van der Waals surface area (Å²) in [5, 5.41) is 0.294. The maximum Gasteiger partial charge on any atom is 0.331 e. The Bertz CT molecular complexity index is 674. The van der Waals surface area contributed by atoms with Crippen LogP contribution >= 0.6 is 27.5 Å². The van der Waals surface area contributed by atoms with Crippen LogP contribution in [0.3, 0.4) is 0 Å². The fraction of sp³-hybridized carbons (Fsp3) is 0.471. The lowest BCUT2D eigenvalue weighted by Crippen LogP contribution is -2.37. The number of esters is 1. The lowest BCUT2D eigenvalue weighted by molar-refractivity contribution is -0.148. The number of halogens is 2. The summed E-state index contributed by atoms with van der Waals surface area (Å²) in [6.45, 7) is 1.40. The molecule has 2 amide bonds. The molecule has 0 aromatic heterocycles. The van der Waals surface area contributed by atoms with E-state index in [0.717, 1.165) is 35.1 Å². The van der Waals surface area contributed by atoms with Crippen molar-refractivity contribution in [2.45, 2.75) is 32.6 Å². The van der Waals surface area contributed by atoms with Crippen molar-refractivity contribution in [3.05, 3.63) is 27.2 Å². The van der Waals surface area contributed by atoms with Gasteiger partial charge in [0.1, 0.15) is 6.54 Å². The maximum atomic E-state index is 12.4. The second kappa shape index (κ2) is 6.84. The highest BCUT2D eigenvalue weighted by Crippen LogP contribution is 2.38. The second-order valence-corrected chi connectivity index (χ2v) is 7.59. The molecule has 7 heteroatoms. The van der Waals surface area contributed by atoms with Crippen molar-refractivity contribution in [1.82, 2.24) is 4.90 Å². The van der Waals surface area contributed by atoms with Crippen LogP contribution < -0.4 is 4.74 Å². The summed E-state index contributed by atoms with van der Waals surface area (Å²) in [5.41, 5.74) is 0.690. The molecule has 0 unspecified atom stereocenters. The number of aryl methyl sites for hydroxylation is 1. The molecule has 0 bridgehead atoms. The Morgan fingerprint density at radius 2 is 1.83 bits per heavy atom. The molecule has 24 heavy (non-hydrogen) atoms. The Hall–Kier alpha value is -1.40. The lowest BCUT2D eigenvalue weighted by Gasteiger charge is -2.19. The molecule has 5 nitrogen and oxygen atoms in total. The van der Waals surface area contributed by atoms with Gasteiger partial charge in [0.05, 0.1) is 16.9 Å². The van der Waals surface area contributed by atoms with Gasteiger partial charge in [0.15, 0.2) is 5.75 Å². The van der Waals surface area contributed by atoms with Gasteiger partial charge in [0.25, 0.3) is 0 Å². The van der Waals surface area contributed by atoms with Gasteiger partial charge in [0, 0.05) is 4.47 Å². The molecule has 1 saturated carbocycles.